The minimum atomic E-state index is -3.52. The number of hydrogen-bond acceptors (Lipinski definition) is 10. The third kappa shape index (κ3) is 5.57. The summed E-state index contributed by atoms with van der Waals surface area (Å²) in [7, 11) is -3.52. The van der Waals surface area contributed by atoms with E-state index in [9.17, 15) is 19.0 Å². The monoisotopic (exact) mass is 662 g/mol. The number of hydrogen-bond donors (Lipinski definition) is 3. The van der Waals surface area contributed by atoms with Crippen molar-refractivity contribution in [2.45, 2.75) is 89.3 Å². The lowest BCUT2D eigenvalue weighted by atomic mass is 9.70. The standard InChI is InChI=1S/C34H42N6O6S/c1-20-14-28-31(36-16-20)46-34(10-12-45-13-11-34)19-39(47(28,43)44)18-24-15-23(17-35-22(24)3)29(33(4,5)32(41)42)26-8-9-27-30(21(26)2)37-38-40(27)25-6-7-25/h8-9,14-17,25,29,43-44H,6-7,10-13,18-19H2,1-5H3,(H,41,42). The quantitative estimate of drug-likeness (QED) is 0.207. The molecule has 1 unspecified atom stereocenters. The number of pyridine rings is 2. The number of carboxylic acids is 1. The smallest absolute Gasteiger partial charge is 0.310 e. The second-order valence-corrected chi connectivity index (χ2v) is 15.9. The van der Waals surface area contributed by atoms with Crippen molar-refractivity contribution in [3.8, 4) is 5.88 Å². The second kappa shape index (κ2) is 11.5. The van der Waals surface area contributed by atoms with Gasteiger partial charge in [-0.15, -0.1) is 15.9 Å². The third-order valence-corrected chi connectivity index (χ3v) is 12.0. The molecule has 47 heavy (non-hydrogen) atoms. The molecule has 0 amide bonds. The Morgan fingerprint density at radius 2 is 1.85 bits per heavy atom. The van der Waals surface area contributed by atoms with Crippen LogP contribution >= 0.6 is 10.8 Å². The molecule has 12 nitrogen and oxygen atoms in total. The molecule has 3 aromatic heterocycles. The van der Waals surface area contributed by atoms with Gasteiger partial charge in [-0.2, -0.15) is 4.31 Å². The summed E-state index contributed by atoms with van der Waals surface area (Å²) in [5, 5.41) is 19.4. The van der Waals surface area contributed by atoms with Crippen LogP contribution in [0.2, 0.25) is 0 Å². The van der Waals surface area contributed by atoms with E-state index in [0.717, 1.165) is 51.7 Å². The molecule has 2 fully saturated rings. The molecular formula is C34H42N6O6S. The number of aromatic nitrogens is 5. The number of benzene rings is 1. The van der Waals surface area contributed by atoms with Gasteiger partial charge in [-0.3, -0.25) is 18.9 Å². The molecule has 0 radical (unpaired) electrons. The van der Waals surface area contributed by atoms with Crippen LogP contribution < -0.4 is 4.74 Å². The summed E-state index contributed by atoms with van der Waals surface area (Å²) in [5.74, 6) is -1.29. The van der Waals surface area contributed by atoms with E-state index in [1.807, 2.05) is 43.7 Å². The van der Waals surface area contributed by atoms with Crippen LogP contribution in [0.3, 0.4) is 0 Å². The molecule has 1 spiro atoms. The van der Waals surface area contributed by atoms with Crippen LogP contribution in [0.1, 0.15) is 85.0 Å². The molecule has 5 heterocycles. The Kier molecular flexibility index (Phi) is 7.83. The Balaban J connectivity index is 1.32. The number of carbonyl (C=O) groups is 1. The van der Waals surface area contributed by atoms with Gasteiger partial charge in [0.1, 0.15) is 16.0 Å². The molecule has 1 atom stereocenters. The Hall–Kier alpha value is -3.62. The summed E-state index contributed by atoms with van der Waals surface area (Å²) < 4.78 is 39.6. The van der Waals surface area contributed by atoms with E-state index in [-0.39, 0.29) is 23.9 Å². The largest absolute Gasteiger partial charge is 0.481 e. The molecule has 1 aromatic carbocycles. The van der Waals surface area contributed by atoms with Crippen molar-refractivity contribution in [2.75, 3.05) is 19.8 Å². The first-order chi connectivity index (χ1) is 22.3. The minimum absolute atomic E-state index is 0.155. The average Bonchev–Trinajstić information content (AvgIpc) is 3.79. The maximum Gasteiger partial charge on any atom is 0.310 e. The van der Waals surface area contributed by atoms with E-state index in [4.69, 9.17) is 14.5 Å². The maximum atomic E-state index is 12.8. The highest BCUT2D eigenvalue weighted by atomic mass is 32.3. The molecule has 250 valence electrons. The van der Waals surface area contributed by atoms with Crippen molar-refractivity contribution in [2.24, 2.45) is 5.41 Å². The normalized spacial score (nSPS) is 20.7. The molecule has 1 aliphatic carbocycles. The minimum Gasteiger partial charge on any atom is -0.481 e. The van der Waals surface area contributed by atoms with Crippen LogP contribution in [-0.2, 0) is 16.1 Å². The van der Waals surface area contributed by atoms with Crippen LogP contribution in [0.4, 0.5) is 0 Å². The van der Waals surface area contributed by atoms with Crippen molar-refractivity contribution >= 4 is 27.8 Å². The van der Waals surface area contributed by atoms with Crippen LogP contribution in [0.25, 0.3) is 11.0 Å². The van der Waals surface area contributed by atoms with E-state index in [1.165, 1.54) is 0 Å². The number of fused-ring (bicyclic) bond motifs is 2. The highest BCUT2D eigenvalue weighted by Crippen LogP contribution is 2.59. The fourth-order valence-electron chi connectivity index (χ4n) is 7.01. The second-order valence-electron chi connectivity index (χ2n) is 13.9. The summed E-state index contributed by atoms with van der Waals surface area (Å²) in [6.45, 7) is 10.6. The molecule has 13 heteroatoms. The molecule has 0 bridgehead atoms. The lowest BCUT2D eigenvalue weighted by Gasteiger charge is -2.44. The average molecular weight is 663 g/mol. The fourth-order valence-corrected chi connectivity index (χ4v) is 8.69. The molecular weight excluding hydrogens is 620 g/mol. The number of nitrogens with zero attached hydrogens (tertiary/aromatic N) is 6. The topological polar surface area (TPSA) is 156 Å². The summed E-state index contributed by atoms with van der Waals surface area (Å²) in [6.07, 6.45) is 6.72. The van der Waals surface area contributed by atoms with Gasteiger partial charge < -0.3 is 14.6 Å². The Labute approximate surface area is 275 Å². The van der Waals surface area contributed by atoms with Gasteiger partial charge >= 0.3 is 5.97 Å². The molecule has 2 aliphatic heterocycles. The Bertz CT molecular complexity index is 1870. The SMILES string of the molecule is Cc1cnc2c(c1)S(O)(O)N(Cc1cc(C(c3ccc4c(nnn4C4CC4)c3C)C(C)(C)C(=O)O)cnc1C)CC1(CCOCC1)O2. The fraction of sp³-hybridized carbons (Fsp3) is 0.500. The summed E-state index contributed by atoms with van der Waals surface area (Å²) in [5.41, 5.74) is 4.49. The van der Waals surface area contributed by atoms with Crippen LogP contribution in [-0.4, -0.2) is 74.8 Å². The highest BCUT2D eigenvalue weighted by Gasteiger charge is 2.46. The molecule has 1 saturated carbocycles. The van der Waals surface area contributed by atoms with E-state index >= 15 is 0 Å². The van der Waals surface area contributed by atoms with Crippen LogP contribution in [0.5, 0.6) is 5.88 Å². The first-order valence-corrected chi connectivity index (χ1v) is 17.6. The predicted molar refractivity (Wildman–Crippen MR) is 177 cm³/mol. The van der Waals surface area contributed by atoms with Crippen LogP contribution in [0.15, 0.2) is 41.6 Å². The van der Waals surface area contributed by atoms with Gasteiger partial charge in [-0.05, 0) is 87.4 Å². The highest BCUT2D eigenvalue weighted by molar-refractivity contribution is 8.22. The molecule has 3 N–H and O–H groups in total. The first-order valence-electron chi connectivity index (χ1n) is 16.1. The van der Waals surface area contributed by atoms with E-state index in [2.05, 4.69) is 15.3 Å². The molecule has 4 aromatic rings. The zero-order valence-corrected chi connectivity index (χ0v) is 28.3. The van der Waals surface area contributed by atoms with Crippen molar-refractivity contribution in [1.82, 2.24) is 29.3 Å². The van der Waals surface area contributed by atoms with Crippen molar-refractivity contribution in [1.29, 1.82) is 0 Å². The Morgan fingerprint density at radius 3 is 2.55 bits per heavy atom. The number of aryl methyl sites for hydroxylation is 3. The number of ether oxygens (including phenoxy) is 2. The van der Waals surface area contributed by atoms with Gasteiger partial charge in [0.15, 0.2) is 0 Å². The van der Waals surface area contributed by atoms with Gasteiger partial charge in [0.25, 0.3) is 0 Å². The van der Waals surface area contributed by atoms with E-state index in [1.54, 1.807) is 36.6 Å². The van der Waals surface area contributed by atoms with Crippen LogP contribution in [0, 0.1) is 26.2 Å². The third-order valence-electron chi connectivity index (χ3n) is 10.1. The van der Waals surface area contributed by atoms with Gasteiger partial charge in [-0.25, -0.2) is 9.67 Å². The Morgan fingerprint density at radius 1 is 1.11 bits per heavy atom. The summed E-state index contributed by atoms with van der Waals surface area (Å²) in [4.78, 5) is 22.3. The number of carboxylic acid groups (broad SMARTS) is 1. The summed E-state index contributed by atoms with van der Waals surface area (Å²) in [6, 6.07) is 8.06. The number of rotatable bonds is 7. The van der Waals surface area contributed by atoms with E-state index < -0.39 is 33.7 Å². The zero-order chi connectivity index (χ0) is 33.3. The van der Waals surface area contributed by atoms with Crippen molar-refractivity contribution in [3.63, 3.8) is 0 Å². The molecule has 7 rings (SSSR count). The van der Waals surface area contributed by atoms with Gasteiger partial charge in [-0.1, -0.05) is 17.3 Å². The van der Waals surface area contributed by atoms with Gasteiger partial charge in [0, 0.05) is 43.4 Å². The maximum absolute atomic E-state index is 12.8. The van der Waals surface area contributed by atoms with E-state index in [0.29, 0.717) is 37.8 Å². The van der Waals surface area contributed by atoms with Crippen molar-refractivity contribution < 1.29 is 28.5 Å². The predicted octanol–water partition coefficient (Wildman–Crippen LogP) is 6.19. The van der Waals surface area contributed by atoms with Crippen molar-refractivity contribution in [3.05, 3.63) is 70.2 Å². The zero-order valence-electron chi connectivity index (χ0n) is 27.4. The van der Waals surface area contributed by atoms with Gasteiger partial charge in [0.2, 0.25) is 5.88 Å². The number of aliphatic carboxylic acids is 1. The molecule has 1 saturated heterocycles. The molecule has 3 aliphatic rings. The first kappa shape index (κ1) is 32.0. The summed E-state index contributed by atoms with van der Waals surface area (Å²) >= 11 is 0. The lowest BCUT2D eigenvalue weighted by molar-refractivity contribution is -0.147. The van der Waals surface area contributed by atoms with Gasteiger partial charge in [0.05, 0.1) is 36.7 Å². The lowest BCUT2D eigenvalue weighted by Crippen LogP contribution is -2.49.